The summed E-state index contributed by atoms with van der Waals surface area (Å²) in [5.41, 5.74) is 8.03. The maximum atomic E-state index is 12.4. The van der Waals surface area contributed by atoms with Crippen LogP contribution in [0.3, 0.4) is 0 Å². The van der Waals surface area contributed by atoms with Gasteiger partial charge in [0.15, 0.2) is 11.5 Å². The molecule has 0 bridgehead atoms. The maximum absolute atomic E-state index is 12.4. The summed E-state index contributed by atoms with van der Waals surface area (Å²) < 4.78 is 4.87. The van der Waals surface area contributed by atoms with Crippen molar-refractivity contribution in [2.45, 2.75) is 6.54 Å². The number of aromatic nitrogens is 8. The van der Waals surface area contributed by atoms with Crippen LogP contribution in [0, 0.1) is 0 Å². The van der Waals surface area contributed by atoms with Gasteiger partial charge in [0, 0.05) is 24.8 Å². The van der Waals surface area contributed by atoms with Gasteiger partial charge in [0.05, 0.1) is 12.2 Å². The van der Waals surface area contributed by atoms with Crippen LogP contribution < -0.4 is 11.4 Å². The fourth-order valence-corrected chi connectivity index (χ4v) is 2.90. The van der Waals surface area contributed by atoms with Crippen molar-refractivity contribution in [2.24, 2.45) is 0 Å². The zero-order chi connectivity index (χ0) is 17.7. The zero-order valence-corrected chi connectivity index (χ0v) is 13.4. The van der Waals surface area contributed by atoms with E-state index in [1.807, 2.05) is 35.0 Å². The first-order chi connectivity index (χ1) is 12.7. The third-order valence-electron chi connectivity index (χ3n) is 4.08. The van der Waals surface area contributed by atoms with Gasteiger partial charge in [-0.1, -0.05) is 6.07 Å². The summed E-state index contributed by atoms with van der Waals surface area (Å²) in [6.45, 7) is 0.259. The molecule has 10 heteroatoms. The van der Waals surface area contributed by atoms with Crippen LogP contribution in [0.25, 0.3) is 22.8 Å². The Morgan fingerprint density at radius 3 is 2.85 bits per heavy atom. The van der Waals surface area contributed by atoms with E-state index in [0.29, 0.717) is 17.1 Å². The minimum atomic E-state index is -0.323. The predicted molar refractivity (Wildman–Crippen MR) is 94.0 cm³/mol. The summed E-state index contributed by atoms with van der Waals surface area (Å²) in [6.07, 6.45) is 7.10. The zero-order valence-electron chi connectivity index (χ0n) is 13.4. The standard InChI is InChI=1S/C16H13N9O/c17-13-12-14(22-15(21-13)25-7-3-5-18-25)24(16(26)20-12)9-10-8-23-6-2-1-4-11(23)19-10/h1-8H,9H2,(H,20,26)(H2,17,21,22). The molecule has 0 spiro atoms. The first kappa shape index (κ1) is 14.4. The number of H-pyrrole nitrogens is 1. The number of nitrogen functional groups attached to an aromatic ring is 1. The third-order valence-corrected chi connectivity index (χ3v) is 4.08. The summed E-state index contributed by atoms with van der Waals surface area (Å²) in [6, 6.07) is 7.48. The Labute approximate surface area is 145 Å². The van der Waals surface area contributed by atoms with Crippen LogP contribution in [0.2, 0.25) is 0 Å². The Balaban J connectivity index is 1.66. The molecule has 0 saturated heterocycles. The van der Waals surface area contributed by atoms with E-state index in [4.69, 9.17) is 5.73 Å². The van der Waals surface area contributed by atoms with E-state index < -0.39 is 0 Å². The van der Waals surface area contributed by atoms with E-state index in [9.17, 15) is 4.79 Å². The lowest BCUT2D eigenvalue weighted by atomic mass is 10.4. The number of imidazole rings is 2. The minimum absolute atomic E-state index is 0.186. The fourth-order valence-electron chi connectivity index (χ4n) is 2.90. The van der Waals surface area contributed by atoms with Crippen LogP contribution in [0.15, 0.2) is 53.8 Å². The van der Waals surface area contributed by atoms with Crippen LogP contribution in [-0.2, 0) is 6.54 Å². The van der Waals surface area contributed by atoms with E-state index in [2.05, 4.69) is 25.0 Å². The number of nitrogens with zero attached hydrogens (tertiary/aromatic N) is 7. The number of hydrogen-bond donors (Lipinski definition) is 2. The molecule has 0 aliphatic carbocycles. The second kappa shape index (κ2) is 5.28. The van der Waals surface area contributed by atoms with E-state index in [-0.39, 0.29) is 18.1 Å². The molecule has 3 N–H and O–H groups in total. The quantitative estimate of drug-likeness (QED) is 0.492. The minimum Gasteiger partial charge on any atom is -0.382 e. The number of aromatic amines is 1. The number of hydrogen-bond acceptors (Lipinski definition) is 6. The van der Waals surface area contributed by atoms with Crippen LogP contribution in [0.5, 0.6) is 0 Å². The number of nitrogens with one attached hydrogen (secondary N) is 1. The summed E-state index contributed by atoms with van der Waals surface area (Å²) >= 11 is 0. The molecule has 10 nitrogen and oxygen atoms in total. The highest BCUT2D eigenvalue weighted by Gasteiger charge is 2.16. The molecule has 0 atom stereocenters. The number of fused-ring (bicyclic) bond motifs is 2. The summed E-state index contributed by atoms with van der Waals surface area (Å²) in [5, 5.41) is 4.11. The molecule has 5 heterocycles. The van der Waals surface area contributed by atoms with Gasteiger partial charge in [0.2, 0.25) is 0 Å². The molecule has 5 aromatic rings. The predicted octanol–water partition coefficient (Wildman–Crippen LogP) is 0.583. The molecule has 0 radical (unpaired) electrons. The molecular formula is C16H13N9O. The molecule has 5 rings (SSSR count). The van der Waals surface area contributed by atoms with E-state index in [1.54, 1.807) is 18.5 Å². The molecule has 128 valence electrons. The lowest BCUT2D eigenvalue weighted by Gasteiger charge is -2.04. The largest absolute Gasteiger partial charge is 0.382 e. The highest BCUT2D eigenvalue weighted by atomic mass is 16.1. The second-order valence-electron chi connectivity index (χ2n) is 5.77. The first-order valence-corrected chi connectivity index (χ1v) is 7.88. The average Bonchev–Trinajstić information content (AvgIpc) is 3.35. The molecule has 0 unspecified atom stereocenters. The Morgan fingerprint density at radius 1 is 1.12 bits per heavy atom. The van der Waals surface area contributed by atoms with Crippen molar-refractivity contribution in [3.63, 3.8) is 0 Å². The Hall–Kier alpha value is -3.95. The molecule has 0 aliphatic heterocycles. The Morgan fingerprint density at radius 2 is 2.04 bits per heavy atom. The molecular weight excluding hydrogens is 334 g/mol. The third kappa shape index (κ3) is 2.16. The van der Waals surface area contributed by atoms with Gasteiger partial charge in [-0.15, -0.1) is 0 Å². The fraction of sp³-hybridized carbons (Fsp3) is 0.0625. The summed E-state index contributed by atoms with van der Waals surface area (Å²) in [7, 11) is 0. The lowest BCUT2D eigenvalue weighted by molar-refractivity contribution is 0.753. The van der Waals surface area contributed by atoms with Crippen molar-refractivity contribution in [2.75, 3.05) is 5.73 Å². The average molecular weight is 347 g/mol. The molecule has 0 amide bonds. The van der Waals surface area contributed by atoms with Crippen LogP contribution >= 0.6 is 0 Å². The molecule has 5 aromatic heterocycles. The van der Waals surface area contributed by atoms with E-state index in [0.717, 1.165) is 11.3 Å². The van der Waals surface area contributed by atoms with Crippen molar-refractivity contribution >= 4 is 22.6 Å². The summed E-state index contributed by atoms with van der Waals surface area (Å²) in [5.74, 6) is 0.481. The van der Waals surface area contributed by atoms with E-state index in [1.165, 1.54) is 9.25 Å². The van der Waals surface area contributed by atoms with Crippen molar-refractivity contribution in [1.29, 1.82) is 0 Å². The summed E-state index contributed by atoms with van der Waals surface area (Å²) in [4.78, 5) is 28.3. The van der Waals surface area contributed by atoms with Gasteiger partial charge in [-0.25, -0.2) is 14.5 Å². The normalized spacial score (nSPS) is 11.5. The van der Waals surface area contributed by atoms with Gasteiger partial charge in [-0.2, -0.15) is 15.1 Å². The van der Waals surface area contributed by atoms with Gasteiger partial charge >= 0.3 is 5.69 Å². The van der Waals surface area contributed by atoms with Crippen molar-refractivity contribution in [3.8, 4) is 5.95 Å². The van der Waals surface area contributed by atoms with Crippen LogP contribution in [0.4, 0.5) is 5.82 Å². The Bertz CT molecular complexity index is 1260. The number of nitrogens with two attached hydrogens (primary N) is 1. The number of anilines is 1. The lowest BCUT2D eigenvalue weighted by Crippen LogP contribution is -2.18. The second-order valence-corrected chi connectivity index (χ2v) is 5.77. The van der Waals surface area contributed by atoms with Crippen LogP contribution in [0.1, 0.15) is 5.69 Å². The topological polar surface area (TPSA) is 125 Å². The highest BCUT2D eigenvalue weighted by Crippen LogP contribution is 2.17. The molecule has 0 aliphatic rings. The number of rotatable bonds is 3. The maximum Gasteiger partial charge on any atom is 0.328 e. The SMILES string of the molecule is Nc1nc(-n2cccn2)nc2c1[nH]c(=O)n2Cc1cn2ccccc2n1. The van der Waals surface area contributed by atoms with Gasteiger partial charge in [-0.05, 0) is 18.2 Å². The van der Waals surface area contributed by atoms with Crippen molar-refractivity contribution < 1.29 is 0 Å². The van der Waals surface area contributed by atoms with Crippen molar-refractivity contribution in [3.05, 3.63) is 65.2 Å². The molecule has 0 fully saturated rings. The van der Waals surface area contributed by atoms with Gasteiger partial charge < -0.3 is 15.1 Å². The molecule has 0 saturated carbocycles. The van der Waals surface area contributed by atoms with Gasteiger partial charge in [-0.3, -0.25) is 4.57 Å². The molecule has 26 heavy (non-hydrogen) atoms. The smallest absolute Gasteiger partial charge is 0.328 e. The first-order valence-electron chi connectivity index (χ1n) is 7.88. The molecule has 0 aromatic carbocycles. The van der Waals surface area contributed by atoms with Gasteiger partial charge in [0.1, 0.15) is 11.2 Å². The van der Waals surface area contributed by atoms with Crippen molar-refractivity contribution in [1.82, 2.24) is 38.7 Å². The highest BCUT2D eigenvalue weighted by molar-refractivity contribution is 5.82. The van der Waals surface area contributed by atoms with Gasteiger partial charge in [0.25, 0.3) is 5.95 Å². The number of pyridine rings is 1. The monoisotopic (exact) mass is 347 g/mol. The Kier molecular flexibility index (Phi) is 2.92. The van der Waals surface area contributed by atoms with E-state index >= 15 is 0 Å². The van der Waals surface area contributed by atoms with Crippen LogP contribution in [-0.4, -0.2) is 38.7 Å².